The van der Waals surface area contributed by atoms with Crippen LogP contribution in [-0.4, -0.2) is 7.32 Å². The van der Waals surface area contributed by atoms with Crippen molar-refractivity contribution in [2.45, 2.75) is 0 Å². The fourth-order valence-electron chi connectivity index (χ4n) is 1.59. The van der Waals surface area contributed by atoms with Gasteiger partial charge in [0.25, 0.3) is 0 Å². The van der Waals surface area contributed by atoms with Crippen molar-refractivity contribution in [3.05, 3.63) is 58.2 Å². The van der Waals surface area contributed by atoms with Gasteiger partial charge >= 0.3 is 26.2 Å². The van der Waals surface area contributed by atoms with E-state index in [0.717, 1.165) is 0 Å². The van der Waals surface area contributed by atoms with Crippen molar-refractivity contribution in [1.82, 2.24) is 0 Å². The van der Waals surface area contributed by atoms with E-state index in [1.54, 1.807) is 0 Å². The average Bonchev–Trinajstić information content (AvgIpc) is 2.62. The topological polar surface area (TPSA) is 41.5 Å². The van der Waals surface area contributed by atoms with Gasteiger partial charge < -0.3 is 14.3 Å². The molecule has 0 aliphatic carbocycles. The van der Waals surface area contributed by atoms with Crippen LogP contribution < -0.4 is 33.2 Å². The minimum Gasteiger partial charge on any atom is -0.808 e. The third kappa shape index (κ3) is 3.97. The van der Waals surface area contributed by atoms with Crippen LogP contribution in [0.25, 0.3) is 0 Å². The summed E-state index contributed by atoms with van der Waals surface area (Å²) in [5, 5.41) is 11.3. The van der Waals surface area contributed by atoms with Crippen molar-refractivity contribution < 1.29 is 77.1 Å². The Labute approximate surface area is 154 Å². The van der Waals surface area contributed by atoms with Crippen LogP contribution in [0.2, 0.25) is 0 Å². The first-order chi connectivity index (χ1) is 12.0. The van der Waals surface area contributed by atoms with Gasteiger partial charge in [-0.1, -0.05) is 0 Å². The van der Waals surface area contributed by atoms with E-state index in [1.165, 1.54) is 0 Å². The molecule has 27 heavy (non-hydrogen) atoms. The molecule has 0 saturated heterocycles. The summed E-state index contributed by atoms with van der Waals surface area (Å²) in [6.45, 7) is 0. The third-order valence-electron chi connectivity index (χ3n) is 2.77. The maximum atomic E-state index is 13.3. The molecule has 0 spiro atoms. The van der Waals surface area contributed by atoms with Crippen molar-refractivity contribution in [3.8, 4) is 11.5 Å². The van der Waals surface area contributed by atoms with E-state index < -0.39 is 77.0 Å². The molecular formula is C12BF10LiO3. The summed E-state index contributed by atoms with van der Waals surface area (Å²) in [5.74, 6) is -30.2. The second-order valence-corrected chi connectivity index (χ2v) is 4.32. The van der Waals surface area contributed by atoms with Crippen LogP contribution in [0.15, 0.2) is 0 Å². The third-order valence-corrected chi connectivity index (χ3v) is 2.77. The molecule has 0 bridgehead atoms. The maximum absolute atomic E-state index is 13.3. The molecular weight excluding hydrogens is 400 g/mol. The van der Waals surface area contributed by atoms with Crippen LogP contribution in [0, 0.1) is 58.2 Å². The van der Waals surface area contributed by atoms with Crippen LogP contribution in [-0.2, 0) is 0 Å². The van der Waals surface area contributed by atoms with Crippen LogP contribution in [0.1, 0.15) is 0 Å². The number of rotatable bonds is 4. The fraction of sp³-hybridized carbons (Fsp3) is 0. The summed E-state index contributed by atoms with van der Waals surface area (Å²) in [6, 6.07) is 0. The molecule has 0 heterocycles. The second kappa shape index (κ2) is 8.32. The molecule has 0 N–H and O–H groups in total. The number of hydrogen-bond donors (Lipinski definition) is 0. The van der Waals surface area contributed by atoms with Gasteiger partial charge in [0, 0.05) is 0 Å². The summed E-state index contributed by atoms with van der Waals surface area (Å²) in [6.07, 6.45) is 0. The first kappa shape index (κ1) is 23.0. The summed E-state index contributed by atoms with van der Waals surface area (Å²) < 4.78 is 138. The smallest absolute Gasteiger partial charge is 0.808 e. The van der Waals surface area contributed by atoms with E-state index in [-0.39, 0.29) is 18.9 Å². The zero-order valence-corrected chi connectivity index (χ0v) is 12.6. The van der Waals surface area contributed by atoms with Gasteiger partial charge in [-0.05, 0) is 0 Å². The van der Waals surface area contributed by atoms with Crippen molar-refractivity contribution in [2.24, 2.45) is 0 Å². The average molecular weight is 400 g/mol. The molecule has 15 heteroatoms. The number of hydrogen-bond acceptors (Lipinski definition) is 3. The molecule has 0 aliphatic rings. The van der Waals surface area contributed by atoms with Crippen LogP contribution in [0.5, 0.6) is 11.5 Å². The molecule has 0 radical (unpaired) electrons. The number of benzene rings is 2. The SMILES string of the molecule is [Li+].[O-]B(Oc1c(F)c(F)c(F)c(F)c1F)Oc1c(F)c(F)c(F)c(F)c1F. The maximum Gasteiger partial charge on any atom is 1.00 e. The molecule has 2 aromatic rings. The Morgan fingerprint density at radius 2 is 0.630 bits per heavy atom. The Balaban J connectivity index is 0.00000364. The quantitative estimate of drug-likeness (QED) is 0.312. The zero-order valence-electron chi connectivity index (χ0n) is 12.6. The van der Waals surface area contributed by atoms with E-state index in [2.05, 4.69) is 9.31 Å². The van der Waals surface area contributed by atoms with Crippen LogP contribution >= 0.6 is 0 Å². The minimum absolute atomic E-state index is 0. The van der Waals surface area contributed by atoms with Crippen molar-refractivity contribution >= 4 is 7.32 Å². The molecule has 0 unspecified atom stereocenters. The summed E-state index contributed by atoms with van der Waals surface area (Å²) in [7, 11) is -3.48. The van der Waals surface area contributed by atoms with Gasteiger partial charge in [0.05, 0.1) is 0 Å². The van der Waals surface area contributed by atoms with Gasteiger partial charge in [-0.2, -0.15) is 17.6 Å². The molecule has 2 rings (SSSR count). The molecule has 0 saturated carbocycles. The van der Waals surface area contributed by atoms with Gasteiger partial charge in [-0.25, -0.2) is 26.3 Å². The molecule has 0 aliphatic heterocycles. The van der Waals surface area contributed by atoms with Crippen LogP contribution in [0.3, 0.4) is 0 Å². The largest absolute Gasteiger partial charge is 1.00 e. The molecule has 0 atom stereocenters. The molecule has 0 aromatic heterocycles. The molecule has 2 aromatic carbocycles. The predicted octanol–water partition coefficient (Wildman–Crippen LogP) is -0.115. The fourth-order valence-corrected chi connectivity index (χ4v) is 1.59. The Morgan fingerprint density at radius 1 is 0.444 bits per heavy atom. The van der Waals surface area contributed by atoms with Crippen molar-refractivity contribution in [2.75, 3.05) is 0 Å². The molecule has 0 amide bonds. The first-order valence-electron chi connectivity index (χ1n) is 6.01. The van der Waals surface area contributed by atoms with E-state index in [1.807, 2.05) is 0 Å². The first-order valence-corrected chi connectivity index (χ1v) is 6.01. The Hall–Kier alpha value is -2.04. The summed E-state index contributed by atoms with van der Waals surface area (Å²) >= 11 is 0. The molecule has 140 valence electrons. The summed E-state index contributed by atoms with van der Waals surface area (Å²) in [4.78, 5) is 0. The van der Waals surface area contributed by atoms with Gasteiger partial charge in [-0.15, -0.1) is 0 Å². The second-order valence-electron chi connectivity index (χ2n) is 4.32. The Kier molecular flexibility index (Phi) is 7.09. The molecule has 3 nitrogen and oxygen atoms in total. The standard InChI is InChI=1S/C12BF10O3.Li/c14-1-3(16)7(20)11(8(21)4(1)17)25-13(24)26-12-9(22)5(18)2(15)6(19)10(12)23;/q-1;+1. The molecule has 0 fully saturated rings. The van der Waals surface area contributed by atoms with E-state index in [4.69, 9.17) is 0 Å². The van der Waals surface area contributed by atoms with Crippen LogP contribution in [0.4, 0.5) is 43.9 Å². The summed E-state index contributed by atoms with van der Waals surface area (Å²) in [5.41, 5.74) is 0. The monoisotopic (exact) mass is 400 g/mol. The number of halogens is 10. The van der Waals surface area contributed by atoms with Gasteiger partial charge in [0.15, 0.2) is 11.5 Å². The van der Waals surface area contributed by atoms with E-state index in [0.29, 0.717) is 0 Å². The van der Waals surface area contributed by atoms with Crippen molar-refractivity contribution in [3.63, 3.8) is 0 Å². The minimum atomic E-state index is -3.48. The van der Waals surface area contributed by atoms with E-state index >= 15 is 0 Å². The zero-order chi connectivity index (χ0) is 19.9. The van der Waals surface area contributed by atoms with Gasteiger partial charge in [0.2, 0.25) is 58.2 Å². The predicted molar refractivity (Wildman–Crippen MR) is 59.5 cm³/mol. The van der Waals surface area contributed by atoms with Gasteiger partial charge in [0.1, 0.15) is 0 Å². The Morgan fingerprint density at radius 3 is 0.852 bits per heavy atom. The Bertz CT molecular complexity index is 767. The van der Waals surface area contributed by atoms with Gasteiger partial charge in [-0.3, -0.25) is 0 Å². The normalized spacial score (nSPS) is 10.5. The van der Waals surface area contributed by atoms with E-state index in [9.17, 15) is 48.9 Å². The van der Waals surface area contributed by atoms with Crippen molar-refractivity contribution in [1.29, 1.82) is 0 Å².